The van der Waals surface area contributed by atoms with Crippen molar-refractivity contribution in [2.75, 3.05) is 5.32 Å². The van der Waals surface area contributed by atoms with Gasteiger partial charge in [0.25, 0.3) is 5.91 Å². The number of hydrogen-bond donors (Lipinski definition) is 2. The highest BCUT2D eigenvalue weighted by atomic mass is 35.5. The quantitative estimate of drug-likeness (QED) is 0.822. The Kier molecular flexibility index (Phi) is 3.76. The Balaban J connectivity index is 2.09. The molecule has 0 saturated heterocycles. The van der Waals surface area contributed by atoms with E-state index in [0.29, 0.717) is 5.69 Å². The summed E-state index contributed by atoms with van der Waals surface area (Å²) in [6.45, 7) is -0.274. The molecule has 2 aromatic heterocycles. The molecule has 19 heavy (non-hydrogen) atoms. The third-order valence-corrected chi connectivity index (χ3v) is 2.49. The highest BCUT2D eigenvalue weighted by molar-refractivity contribution is 6.33. The Morgan fingerprint density at radius 2 is 2.26 bits per heavy atom. The molecule has 0 atom stereocenters. The highest BCUT2D eigenvalue weighted by Gasteiger charge is 2.12. The molecule has 0 aliphatic carbocycles. The molecule has 1 amide bonds. The number of aliphatic carboxylic acids is 1. The molecule has 0 aromatic carbocycles. The summed E-state index contributed by atoms with van der Waals surface area (Å²) in [5, 5.41) is 15.0. The van der Waals surface area contributed by atoms with Crippen LogP contribution in [0, 0.1) is 0 Å². The van der Waals surface area contributed by atoms with Gasteiger partial charge in [0.15, 0.2) is 0 Å². The molecule has 0 aliphatic rings. The fourth-order valence-corrected chi connectivity index (χ4v) is 1.61. The number of nitrogens with zero attached hydrogens (tertiary/aromatic N) is 3. The second kappa shape index (κ2) is 5.49. The zero-order chi connectivity index (χ0) is 13.8. The zero-order valence-corrected chi connectivity index (χ0v) is 10.3. The van der Waals surface area contributed by atoms with E-state index < -0.39 is 11.9 Å². The first-order chi connectivity index (χ1) is 9.06. The number of anilines is 1. The number of carboxylic acid groups (broad SMARTS) is 1. The second-order valence-electron chi connectivity index (χ2n) is 3.62. The van der Waals surface area contributed by atoms with Gasteiger partial charge in [-0.15, -0.1) is 0 Å². The van der Waals surface area contributed by atoms with E-state index in [2.05, 4.69) is 15.4 Å². The largest absolute Gasteiger partial charge is 0.480 e. The lowest BCUT2D eigenvalue weighted by Gasteiger charge is -2.03. The maximum absolute atomic E-state index is 11.9. The number of halogens is 1. The van der Waals surface area contributed by atoms with Gasteiger partial charge in [-0.1, -0.05) is 11.6 Å². The first-order valence-electron chi connectivity index (χ1n) is 5.22. The van der Waals surface area contributed by atoms with Crippen molar-refractivity contribution in [2.45, 2.75) is 6.54 Å². The number of pyridine rings is 1. The fourth-order valence-electron chi connectivity index (χ4n) is 1.41. The van der Waals surface area contributed by atoms with Gasteiger partial charge in [0.05, 0.1) is 17.4 Å². The molecule has 0 radical (unpaired) electrons. The molecule has 2 aromatic rings. The molecule has 0 bridgehead atoms. The number of nitrogens with one attached hydrogen (secondary N) is 1. The van der Waals surface area contributed by atoms with E-state index in [0.717, 1.165) is 0 Å². The van der Waals surface area contributed by atoms with Crippen molar-refractivity contribution in [1.29, 1.82) is 0 Å². The lowest BCUT2D eigenvalue weighted by molar-refractivity contribution is -0.137. The van der Waals surface area contributed by atoms with Crippen molar-refractivity contribution in [1.82, 2.24) is 14.8 Å². The molecule has 2 N–H and O–H groups in total. The van der Waals surface area contributed by atoms with E-state index in [1.54, 1.807) is 6.07 Å². The number of carboxylic acids is 1. The topological polar surface area (TPSA) is 97.1 Å². The van der Waals surface area contributed by atoms with Crippen molar-refractivity contribution in [3.63, 3.8) is 0 Å². The highest BCUT2D eigenvalue weighted by Crippen LogP contribution is 2.14. The van der Waals surface area contributed by atoms with E-state index in [9.17, 15) is 9.59 Å². The number of rotatable bonds is 4. The third-order valence-electron chi connectivity index (χ3n) is 2.19. The average molecular weight is 281 g/mol. The molecular formula is C11H9ClN4O3. The minimum atomic E-state index is -1.02. The molecule has 0 spiro atoms. The summed E-state index contributed by atoms with van der Waals surface area (Å²) < 4.78 is 1.20. The van der Waals surface area contributed by atoms with E-state index in [4.69, 9.17) is 16.7 Å². The van der Waals surface area contributed by atoms with Crippen LogP contribution in [-0.2, 0) is 11.3 Å². The number of amides is 1. The Hall–Kier alpha value is -2.41. The molecule has 2 rings (SSSR count). The molecule has 0 aliphatic heterocycles. The SMILES string of the molecule is O=C(O)Cn1cc(NC(=O)c2cccnc2Cl)cn1. The summed E-state index contributed by atoms with van der Waals surface area (Å²) in [7, 11) is 0. The fraction of sp³-hybridized carbons (Fsp3) is 0.0909. The molecular weight excluding hydrogens is 272 g/mol. The number of carbonyl (C=O) groups excluding carboxylic acids is 1. The molecule has 0 fully saturated rings. The van der Waals surface area contributed by atoms with Gasteiger partial charge in [0.2, 0.25) is 0 Å². The Morgan fingerprint density at radius 3 is 2.95 bits per heavy atom. The van der Waals surface area contributed by atoms with Crippen LogP contribution in [0.5, 0.6) is 0 Å². The van der Waals surface area contributed by atoms with E-state index in [-0.39, 0.29) is 17.3 Å². The monoisotopic (exact) mass is 280 g/mol. The summed E-state index contributed by atoms with van der Waals surface area (Å²) in [4.78, 5) is 26.2. The van der Waals surface area contributed by atoms with E-state index in [1.165, 1.54) is 29.3 Å². The first-order valence-corrected chi connectivity index (χ1v) is 5.60. The molecule has 98 valence electrons. The predicted molar refractivity (Wildman–Crippen MR) is 67.1 cm³/mol. The van der Waals surface area contributed by atoms with Gasteiger partial charge in [-0.2, -0.15) is 5.10 Å². The van der Waals surface area contributed by atoms with Gasteiger partial charge in [0, 0.05) is 12.4 Å². The van der Waals surface area contributed by atoms with Crippen LogP contribution in [-0.4, -0.2) is 31.7 Å². The van der Waals surface area contributed by atoms with Crippen LogP contribution in [0.4, 0.5) is 5.69 Å². The summed E-state index contributed by atoms with van der Waals surface area (Å²) >= 11 is 5.79. The van der Waals surface area contributed by atoms with Gasteiger partial charge in [0.1, 0.15) is 11.7 Å². The van der Waals surface area contributed by atoms with Crippen LogP contribution in [0.15, 0.2) is 30.7 Å². The lowest BCUT2D eigenvalue weighted by atomic mass is 10.2. The van der Waals surface area contributed by atoms with Crippen LogP contribution >= 0.6 is 11.6 Å². The Labute approximate surface area is 112 Å². The van der Waals surface area contributed by atoms with Gasteiger partial charge < -0.3 is 10.4 Å². The van der Waals surface area contributed by atoms with Crippen molar-refractivity contribution < 1.29 is 14.7 Å². The van der Waals surface area contributed by atoms with Crippen molar-refractivity contribution in [2.24, 2.45) is 0 Å². The lowest BCUT2D eigenvalue weighted by Crippen LogP contribution is -2.12. The third kappa shape index (κ3) is 3.29. The molecule has 7 nitrogen and oxygen atoms in total. The normalized spacial score (nSPS) is 10.2. The van der Waals surface area contributed by atoms with Crippen LogP contribution in [0.2, 0.25) is 5.15 Å². The first kappa shape index (κ1) is 13.0. The maximum Gasteiger partial charge on any atom is 0.325 e. The average Bonchev–Trinajstić information content (AvgIpc) is 2.76. The van der Waals surface area contributed by atoms with Crippen LogP contribution in [0.3, 0.4) is 0 Å². The van der Waals surface area contributed by atoms with Crippen LogP contribution < -0.4 is 5.32 Å². The molecule has 0 saturated carbocycles. The van der Waals surface area contributed by atoms with Crippen molar-refractivity contribution in [3.8, 4) is 0 Å². The summed E-state index contributed by atoms with van der Waals surface area (Å²) in [5.41, 5.74) is 0.612. The van der Waals surface area contributed by atoms with Gasteiger partial charge >= 0.3 is 5.97 Å². The van der Waals surface area contributed by atoms with Crippen molar-refractivity contribution >= 4 is 29.2 Å². The Bertz CT molecular complexity index is 626. The van der Waals surface area contributed by atoms with Crippen LogP contribution in [0.1, 0.15) is 10.4 Å². The predicted octanol–water partition coefficient (Wildman–Crippen LogP) is 1.27. The van der Waals surface area contributed by atoms with Crippen LogP contribution in [0.25, 0.3) is 0 Å². The number of hydrogen-bond acceptors (Lipinski definition) is 4. The van der Waals surface area contributed by atoms with Crippen molar-refractivity contribution in [3.05, 3.63) is 41.4 Å². The summed E-state index contributed by atoms with van der Waals surface area (Å²) in [6.07, 6.45) is 4.24. The summed E-state index contributed by atoms with van der Waals surface area (Å²) in [5.74, 6) is -1.45. The van der Waals surface area contributed by atoms with Gasteiger partial charge in [-0.3, -0.25) is 14.3 Å². The minimum Gasteiger partial charge on any atom is -0.480 e. The molecule has 0 unspecified atom stereocenters. The minimum absolute atomic E-state index is 0.0953. The smallest absolute Gasteiger partial charge is 0.325 e. The second-order valence-corrected chi connectivity index (χ2v) is 3.97. The number of carbonyl (C=O) groups is 2. The standard InChI is InChI=1S/C11H9ClN4O3/c12-10-8(2-1-3-13-10)11(19)15-7-4-14-16(5-7)6-9(17)18/h1-5H,6H2,(H,15,19)(H,17,18). The number of aromatic nitrogens is 3. The molecule has 2 heterocycles. The molecule has 8 heteroatoms. The van der Waals surface area contributed by atoms with Gasteiger partial charge in [-0.25, -0.2) is 4.98 Å². The van der Waals surface area contributed by atoms with Gasteiger partial charge in [-0.05, 0) is 12.1 Å². The maximum atomic E-state index is 11.9. The summed E-state index contributed by atoms with van der Waals surface area (Å²) in [6, 6.07) is 3.13. The van der Waals surface area contributed by atoms with E-state index >= 15 is 0 Å². The Morgan fingerprint density at radius 1 is 1.47 bits per heavy atom. The zero-order valence-electron chi connectivity index (χ0n) is 9.58. The van der Waals surface area contributed by atoms with E-state index in [1.807, 2.05) is 0 Å².